The van der Waals surface area contributed by atoms with Crippen LogP contribution in [0.25, 0.3) is 0 Å². The van der Waals surface area contributed by atoms with E-state index in [9.17, 15) is 19.5 Å². The standard InChI is InChI=1S/C32H35Cl2N5O4/c1-19-7-5-10-23(29(40)36-18-21-8-3-2-4-9-21)28(19)39-32(35)38-26(31(42)43)17-20-13-15-22(16-14-20)37-30(41)27-24(33)11-6-12-25(27)34/h5-7,10-16,21,26H,2-4,8-9,17-18H2,1H3,(H,36,40)(H,37,41)(H,42,43)(H3,35,38,39)/t26-/m0/s1. The van der Waals surface area contributed by atoms with Gasteiger partial charge in [0.2, 0.25) is 0 Å². The fourth-order valence-electron chi connectivity index (χ4n) is 5.12. The molecule has 0 heterocycles. The number of hydrogen-bond acceptors (Lipinski definition) is 4. The van der Waals surface area contributed by atoms with E-state index < -0.39 is 17.9 Å². The highest BCUT2D eigenvalue weighted by molar-refractivity contribution is 6.40. The number of hydrogen-bond donors (Lipinski definition) is 5. The normalized spacial score (nSPS) is 14.5. The molecule has 1 fully saturated rings. The zero-order valence-corrected chi connectivity index (χ0v) is 25.3. The molecule has 2 amide bonds. The maximum absolute atomic E-state index is 13.1. The molecule has 9 nitrogen and oxygen atoms in total. The predicted octanol–water partition coefficient (Wildman–Crippen LogP) is 6.29. The highest BCUT2D eigenvalue weighted by atomic mass is 35.5. The molecule has 226 valence electrons. The van der Waals surface area contributed by atoms with Gasteiger partial charge < -0.3 is 26.8 Å². The van der Waals surface area contributed by atoms with Crippen LogP contribution in [0.1, 0.15) is 63.9 Å². The maximum Gasteiger partial charge on any atom is 0.328 e. The zero-order valence-electron chi connectivity index (χ0n) is 23.8. The molecule has 11 heteroatoms. The van der Waals surface area contributed by atoms with Crippen LogP contribution in [-0.2, 0) is 11.2 Å². The number of nitrogens with one attached hydrogen (secondary N) is 3. The number of nitrogens with zero attached hydrogens (tertiary/aromatic N) is 1. The lowest BCUT2D eigenvalue weighted by Crippen LogP contribution is -2.33. The summed E-state index contributed by atoms with van der Waals surface area (Å²) in [7, 11) is 0. The van der Waals surface area contributed by atoms with Crippen molar-refractivity contribution in [3.05, 3.63) is 93.0 Å². The van der Waals surface area contributed by atoms with Crippen LogP contribution in [0.3, 0.4) is 0 Å². The SMILES string of the molecule is Cc1cccc(C(=O)NCC2CCCCC2)c1NC(N)=N[C@@H](Cc1ccc(NC(=O)c2c(Cl)cccc2Cl)cc1)C(=O)O. The predicted molar refractivity (Wildman–Crippen MR) is 171 cm³/mol. The van der Waals surface area contributed by atoms with Gasteiger partial charge in [-0.3, -0.25) is 9.59 Å². The number of amides is 2. The van der Waals surface area contributed by atoms with Crippen molar-refractivity contribution in [2.45, 2.75) is 51.5 Å². The van der Waals surface area contributed by atoms with Crippen LogP contribution >= 0.6 is 23.2 Å². The second-order valence-electron chi connectivity index (χ2n) is 10.7. The van der Waals surface area contributed by atoms with Gasteiger partial charge in [-0.15, -0.1) is 0 Å². The Morgan fingerprint density at radius 3 is 2.23 bits per heavy atom. The minimum Gasteiger partial charge on any atom is -0.480 e. The summed E-state index contributed by atoms with van der Waals surface area (Å²) in [6.45, 7) is 2.45. The largest absolute Gasteiger partial charge is 0.480 e. The van der Waals surface area contributed by atoms with E-state index in [0.717, 1.165) is 18.4 Å². The Morgan fingerprint density at radius 2 is 1.58 bits per heavy atom. The van der Waals surface area contributed by atoms with Crippen molar-refractivity contribution in [1.29, 1.82) is 0 Å². The fourth-order valence-corrected chi connectivity index (χ4v) is 5.69. The minimum atomic E-state index is -1.19. The Kier molecular flexibility index (Phi) is 11.0. The molecule has 1 saturated carbocycles. The first-order valence-corrected chi connectivity index (χ1v) is 14.9. The number of halogens is 2. The monoisotopic (exact) mass is 623 g/mol. The Hall–Kier alpha value is -4.08. The zero-order chi connectivity index (χ0) is 30.9. The number of carbonyl (C=O) groups excluding carboxylic acids is 2. The average Bonchev–Trinajstić information content (AvgIpc) is 2.98. The summed E-state index contributed by atoms with van der Waals surface area (Å²) in [4.78, 5) is 42.0. The number of carbonyl (C=O) groups is 3. The lowest BCUT2D eigenvalue weighted by molar-refractivity contribution is -0.138. The summed E-state index contributed by atoms with van der Waals surface area (Å²) < 4.78 is 0. The third kappa shape index (κ3) is 8.72. The molecule has 1 atom stereocenters. The van der Waals surface area contributed by atoms with Gasteiger partial charge in [-0.2, -0.15) is 0 Å². The molecule has 0 spiro atoms. The molecular formula is C32H35Cl2N5O4. The Balaban J connectivity index is 1.42. The smallest absolute Gasteiger partial charge is 0.328 e. The molecule has 0 unspecified atom stereocenters. The summed E-state index contributed by atoms with van der Waals surface area (Å²) in [5.41, 5.74) is 9.13. The molecule has 0 aromatic heterocycles. The van der Waals surface area contributed by atoms with Crippen molar-refractivity contribution < 1.29 is 19.5 Å². The van der Waals surface area contributed by atoms with Crippen molar-refractivity contribution in [2.75, 3.05) is 17.2 Å². The van der Waals surface area contributed by atoms with Crippen molar-refractivity contribution >= 4 is 58.3 Å². The Morgan fingerprint density at radius 1 is 0.930 bits per heavy atom. The van der Waals surface area contributed by atoms with Crippen LogP contribution in [0.15, 0.2) is 65.7 Å². The van der Waals surface area contributed by atoms with Crippen LogP contribution in [0.5, 0.6) is 0 Å². The first-order chi connectivity index (χ1) is 20.6. The molecule has 1 aliphatic rings. The van der Waals surface area contributed by atoms with Crippen LogP contribution in [-0.4, -0.2) is 41.4 Å². The highest BCUT2D eigenvalue weighted by Crippen LogP contribution is 2.26. The minimum absolute atomic E-state index is 0.0464. The number of benzene rings is 3. The van der Waals surface area contributed by atoms with Crippen LogP contribution in [0.4, 0.5) is 11.4 Å². The fraction of sp³-hybridized carbons (Fsp3) is 0.312. The van der Waals surface area contributed by atoms with Gasteiger partial charge in [0.15, 0.2) is 12.0 Å². The Labute approximate surface area is 260 Å². The second kappa shape index (κ2) is 14.9. The lowest BCUT2D eigenvalue weighted by atomic mass is 9.89. The molecule has 3 aromatic rings. The number of para-hydroxylation sites is 1. The third-order valence-corrected chi connectivity index (χ3v) is 8.09. The number of nitrogens with two attached hydrogens (primary N) is 1. The van der Waals surface area contributed by atoms with Crippen LogP contribution in [0.2, 0.25) is 10.0 Å². The van der Waals surface area contributed by atoms with E-state index in [0.29, 0.717) is 35.0 Å². The van der Waals surface area contributed by atoms with Crippen molar-refractivity contribution in [3.8, 4) is 0 Å². The van der Waals surface area contributed by atoms with Crippen molar-refractivity contribution in [3.63, 3.8) is 0 Å². The molecule has 0 saturated heterocycles. The molecule has 0 bridgehead atoms. The number of aliphatic carboxylic acids is 1. The van der Waals surface area contributed by atoms with E-state index >= 15 is 0 Å². The van der Waals surface area contributed by atoms with E-state index in [2.05, 4.69) is 20.9 Å². The van der Waals surface area contributed by atoms with E-state index in [-0.39, 0.29) is 33.9 Å². The number of carboxylic acids is 1. The van der Waals surface area contributed by atoms with Crippen molar-refractivity contribution in [2.24, 2.45) is 16.6 Å². The van der Waals surface area contributed by atoms with Gasteiger partial charge in [0, 0.05) is 18.7 Å². The molecule has 0 aliphatic heterocycles. The number of aryl methyl sites for hydroxylation is 1. The highest BCUT2D eigenvalue weighted by Gasteiger charge is 2.21. The first kappa shape index (κ1) is 31.8. The lowest BCUT2D eigenvalue weighted by Gasteiger charge is -2.22. The molecular weight excluding hydrogens is 589 g/mol. The van der Waals surface area contributed by atoms with Gasteiger partial charge in [0.05, 0.1) is 26.9 Å². The van der Waals surface area contributed by atoms with Crippen molar-refractivity contribution in [1.82, 2.24) is 5.32 Å². The van der Waals surface area contributed by atoms with Gasteiger partial charge in [0.25, 0.3) is 11.8 Å². The second-order valence-corrected chi connectivity index (χ2v) is 11.5. The van der Waals surface area contributed by atoms with Gasteiger partial charge in [-0.1, -0.05) is 72.8 Å². The molecule has 6 N–H and O–H groups in total. The number of rotatable bonds is 10. The van der Waals surface area contributed by atoms with Gasteiger partial charge >= 0.3 is 5.97 Å². The van der Waals surface area contributed by atoms with E-state index in [1.54, 1.807) is 54.6 Å². The quantitative estimate of drug-likeness (QED) is 0.132. The molecule has 0 radical (unpaired) electrons. The van der Waals surface area contributed by atoms with E-state index in [1.165, 1.54) is 19.3 Å². The Bertz CT molecular complexity index is 1480. The average molecular weight is 625 g/mol. The summed E-state index contributed by atoms with van der Waals surface area (Å²) in [5, 5.41) is 19.0. The van der Waals surface area contributed by atoms with Crippen LogP contribution in [0, 0.1) is 12.8 Å². The van der Waals surface area contributed by atoms with Gasteiger partial charge in [0.1, 0.15) is 0 Å². The number of carboxylic acid groups (broad SMARTS) is 1. The van der Waals surface area contributed by atoms with Gasteiger partial charge in [-0.05, 0) is 67.1 Å². The van der Waals surface area contributed by atoms with Gasteiger partial charge in [-0.25, -0.2) is 9.79 Å². The molecule has 43 heavy (non-hydrogen) atoms. The summed E-state index contributed by atoms with van der Waals surface area (Å²) in [6, 6.07) is 15.6. The van der Waals surface area contributed by atoms with E-state index in [1.807, 2.05) is 13.0 Å². The summed E-state index contributed by atoms with van der Waals surface area (Å²) >= 11 is 12.2. The molecule has 1 aliphatic carbocycles. The molecule has 4 rings (SSSR count). The molecule has 3 aromatic carbocycles. The third-order valence-electron chi connectivity index (χ3n) is 7.46. The first-order valence-electron chi connectivity index (χ1n) is 14.2. The summed E-state index contributed by atoms with van der Waals surface area (Å²) in [5.74, 6) is -1.49. The summed E-state index contributed by atoms with van der Waals surface area (Å²) in [6.07, 6.45) is 5.90. The van der Waals surface area contributed by atoms with Crippen LogP contribution < -0.4 is 21.7 Å². The topological polar surface area (TPSA) is 146 Å². The number of guanidine groups is 1. The number of anilines is 2. The number of aliphatic imine (C=N–C) groups is 1. The maximum atomic E-state index is 13.1. The van der Waals surface area contributed by atoms with E-state index in [4.69, 9.17) is 28.9 Å².